The lowest BCUT2D eigenvalue weighted by molar-refractivity contribution is 0.582. The van der Waals surface area contributed by atoms with Crippen molar-refractivity contribution in [2.24, 2.45) is 10.3 Å². The minimum Gasteiger partial charge on any atom is -0.224 e. The van der Waals surface area contributed by atoms with Gasteiger partial charge in [-0.3, -0.25) is 0 Å². The summed E-state index contributed by atoms with van der Waals surface area (Å²) >= 11 is 3.63. The van der Waals surface area contributed by atoms with E-state index < -0.39 is 11.6 Å². The summed E-state index contributed by atoms with van der Waals surface area (Å²) in [5.41, 5.74) is 0.697. The maximum atomic E-state index is 12.9. The van der Waals surface area contributed by atoms with Gasteiger partial charge < -0.3 is 0 Å². The lowest BCUT2D eigenvalue weighted by Crippen LogP contribution is -1.97. The first-order valence-corrected chi connectivity index (χ1v) is 5.42. The van der Waals surface area contributed by atoms with E-state index in [1.807, 2.05) is 0 Å². The summed E-state index contributed by atoms with van der Waals surface area (Å²) in [5.74, 6) is -0.381. The van der Waals surface area contributed by atoms with E-state index >= 15 is 0 Å². The summed E-state index contributed by atoms with van der Waals surface area (Å²) in [6, 6.07) is 3.33. The van der Waals surface area contributed by atoms with Crippen LogP contribution in [-0.2, 0) is 0 Å². The zero-order chi connectivity index (χ0) is 12.7. The molecular formula is C12H17F2NS. The average Bonchev–Trinajstić information content (AvgIpc) is 2.16. The lowest BCUT2D eigenvalue weighted by Gasteiger charge is -2.00. The Kier molecular flexibility index (Phi) is 6.97. The molecule has 0 saturated carbocycles. The highest BCUT2D eigenvalue weighted by Crippen LogP contribution is 2.10. The second kappa shape index (κ2) is 7.39. The zero-order valence-electron chi connectivity index (χ0n) is 9.96. The van der Waals surface area contributed by atoms with E-state index in [1.54, 1.807) is 6.92 Å². The van der Waals surface area contributed by atoms with Crippen LogP contribution in [0.3, 0.4) is 0 Å². The van der Waals surface area contributed by atoms with Crippen LogP contribution >= 0.6 is 12.8 Å². The predicted molar refractivity (Wildman–Crippen MR) is 68.1 cm³/mol. The average molecular weight is 245 g/mol. The molecule has 4 heteroatoms. The fraction of sp³-hybridized carbons (Fsp3) is 0.417. The summed E-state index contributed by atoms with van der Waals surface area (Å²) in [4.78, 5) is 0. The van der Waals surface area contributed by atoms with E-state index in [9.17, 15) is 8.78 Å². The van der Waals surface area contributed by atoms with Gasteiger partial charge in [-0.25, -0.2) is 13.2 Å². The fourth-order valence-corrected chi connectivity index (χ4v) is 0.944. The van der Waals surface area contributed by atoms with Gasteiger partial charge in [0.25, 0.3) is 0 Å². The fourth-order valence-electron chi connectivity index (χ4n) is 0.837. The SMILES string of the molecule is C/C(=N\S)c1ccc(F)cc1F.CC(C)C. The molecule has 0 heterocycles. The third-order valence-corrected chi connectivity index (χ3v) is 1.77. The summed E-state index contributed by atoms with van der Waals surface area (Å²) in [7, 11) is 0. The van der Waals surface area contributed by atoms with E-state index in [2.05, 4.69) is 38.0 Å². The highest BCUT2D eigenvalue weighted by Gasteiger charge is 2.05. The highest BCUT2D eigenvalue weighted by atomic mass is 32.1. The maximum absolute atomic E-state index is 12.9. The van der Waals surface area contributed by atoms with Gasteiger partial charge in [-0.05, 0) is 37.8 Å². The topological polar surface area (TPSA) is 12.4 Å². The Labute approximate surface area is 101 Å². The second-order valence-electron chi connectivity index (χ2n) is 4.04. The molecule has 1 nitrogen and oxygen atoms in total. The van der Waals surface area contributed by atoms with Crippen LogP contribution in [0.25, 0.3) is 0 Å². The molecule has 1 rings (SSSR count). The van der Waals surface area contributed by atoms with E-state index in [4.69, 9.17) is 0 Å². The number of nitrogens with zero attached hydrogens (tertiary/aromatic N) is 1. The third kappa shape index (κ3) is 5.85. The number of thiol groups is 1. The molecule has 0 fully saturated rings. The van der Waals surface area contributed by atoms with Crippen molar-refractivity contribution in [1.29, 1.82) is 0 Å². The van der Waals surface area contributed by atoms with Crippen LogP contribution in [0.1, 0.15) is 33.3 Å². The molecule has 0 N–H and O–H groups in total. The molecule has 0 radical (unpaired) electrons. The third-order valence-electron chi connectivity index (χ3n) is 1.47. The quantitative estimate of drug-likeness (QED) is 0.560. The monoisotopic (exact) mass is 245 g/mol. The molecule has 0 saturated heterocycles. The van der Waals surface area contributed by atoms with Crippen LogP contribution < -0.4 is 0 Å². The van der Waals surface area contributed by atoms with E-state index in [0.29, 0.717) is 5.71 Å². The molecule has 0 spiro atoms. The van der Waals surface area contributed by atoms with Crippen LogP contribution in [-0.4, -0.2) is 5.71 Å². The van der Waals surface area contributed by atoms with Gasteiger partial charge in [-0.15, -0.1) is 0 Å². The first kappa shape index (κ1) is 15.1. The summed E-state index contributed by atoms with van der Waals surface area (Å²) in [6.45, 7) is 8.10. The number of benzene rings is 1. The molecule has 0 unspecified atom stereocenters. The van der Waals surface area contributed by atoms with E-state index in [-0.39, 0.29) is 5.56 Å². The van der Waals surface area contributed by atoms with Gasteiger partial charge in [0.1, 0.15) is 11.6 Å². The van der Waals surface area contributed by atoms with Crippen molar-refractivity contribution in [1.82, 2.24) is 0 Å². The Hall–Kier alpha value is -0.900. The number of hydrogen-bond acceptors (Lipinski definition) is 2. The zero-order valence-corrected chi connectivity index (χ0v) is 10.9. The Balaban J connectivity index is 0.000000487. The first-order chi connectivity index (χ1) is 7.38. The molecule has 0 aliphatic carbocycles. The predicted octanol–water partition coefficient (Wildman–Crippen LogP) is 4.28. The van der Waals surface area contributed by atoms with E-state index in [1.165, 1.54) is 12.1 Å². The normalized spacial score (nSPS) is 11.1. The van der Waals surface area contributed by atoms with Crippen LogP contribution in [0, 0.1) is 17.6 Å². The molecular weight excluding hydrogens is 228 g/mol. The van der Waals surface area contributed by atoms with Crippen molar-refractivity contribution in [3.8, 4) is 0 Å². The summed E-state index contributed by atoms with van der Waals surface area (Å²) < 4.78 is 28.8. The van der Waals surface area contributed by atoms with Crippen LogP contribution in [0.4, 0.5) is 8.78 Å². The molecule has 0 aliphatic rings. The molecule has 90 valence electrons. The molecule has 1 aromatic rings. The van der Waals surface area contributed by atoms with Crippen molar-refractivity contribution in [3.63, 3.8) is 0 Å². The van der Waals surface area contributed by atoms with Crippen molar-refractivity contribution in [2.75, 3.05) is 0 Å². The Morgan fingerprint density at radius 3 is 2.12 bits per heavy atom. The van der Waals surface area contributed by atoms with Crippen LogP contribution in [0.15, 0.2) is 22.6 Å². The molecule has 0 amide bonds. The number of hydrogen-bond donors (Lipinski definition) is 1. The van der Waals surface area contributed by atoms with Crippen LogP contribution in [0.5, 0.6) is 0 Å². The summed E-state index contributed by atoms with van der Waals surface area (Å²) in [5, 5.41) is 0. The molecule has 0 atom stereocenters. The Morgan fingerprint density at radius 1 is 1.25 bits per heavy atom. The second-order valence-corrected chi connectivity index (χ2v) is 4.24. The minimum absolute atomic E-state index is 0.270. The number of halogens is 2. The molecule has 0 aliphatic heterocycles. The largest absolute Gasteiger partial charge is 0.224 e. The van der Waals surface area contributed by atoms with Gasteiger partial charge in [-0.2, -0.15) is 0 Å². The van der Waals surface area contributed by atoms with E-state index in [0.717, 1.165) is 12.0 Å². The van der Waals surface area contributed by atoms with Crippen molar-refractivity contribution in [3.05, 3.63) is 35.4 Å². The standard InChI is InChI=1S/C8H7F2NS.C4H10/c1-5(11-12)7-3-2-6(9)4-8(7)10;1-4(2)3/h2-4,12H,1H3;4H,1-3H3/b11-5+;. The van der Waals surface area contributed by atoms with Crippen molar-refractivity contribution >= 4 is 18.5 Å². The van der Waals surface area contributed by atoms with Crippen LogP contribution in [0.2, 0.25) is 0 Å². The molecule has 1 aromatic carbocycles. The lowest BCUT2D eigenvalue weighted by atomic mass is 10.1. The molecule has 16 heavy (non-hydrogen) atoms. The van der Waals surface area contributed by atoms with Gasteiger partial charge in [-0.1, -0.05) is 20.8 Å². The van der Waals surface area contributed by atoms with Crippen molar-refractivity contribution < 1.29 is 8.78 Å². The summed E-state index contributed by atoms with van der Waals surface area (Å²) in [6.07, 6.45) is 0. The Morgan fingerprint density at radius 2 is 1.75 bits per heavy atom. The highest BCUT2D eigenvalue weighted by molar-refractivity contribution is 7.79. The molecule has 0 aromatic heterocycles. The van der Waals surface area contributed by atoms with Gasteiger partial charge in [0, 0.05) is 11.6 Å². The van der Waals surface area contributed by atoms with Crippen molar-refractivity contribution in [2.45, 2.75) is 27.7 Å². The van der Waals surface area contributed by atoms with Gasteiger partial charge in [0.05, 0.1) is 5.71 Å². The molecule has 0 bridgehead atoms. The first-order valence-electron chi connectivity index (χ1n) is 5.02. The minimum atomic E-state index is -0.620. The van der Waals surface area contributed by atoms with Gasteiger partial charge >= 0.3 is 0 Å². The smallest absolute Gasteiger partial charge is 0.135 e. The van der Waals surface area contributed by atoms with Gasteiger partial charge in [0.15, 0.2) is 0 Å². The number of rotatable bonds is 1. The van der Waals surface area contributed by atoms with Gasteiger partial charge in [0.2, 0.25) is 0 Å². The maximum Gasteiger partial charge on any atom is 0.135 e. The Bertz CT molecular complexity index is 359.